The third-order valence-electron chi connectivity index (χ3n) is 8.46. The van der Waals surface area contributed by atoms with E-state index < -0.39 is 0 Å². The lowest BCUT2D eigenvalue weighted by Crippen LogP contribution is -2.39. The number of hydrogen-bond donors (Lipinski definition) is 0. The molecule has 2 aliphatic heterocycles. The van der Waals surface area contributed by atoms with Gasteiger partial charge in [-0.1, -0.05) is 48.5 Å². The highest BCUT2D eigenvalue weighted by Gasteiger charge is 2.33. The van der Waals surface area contributed by atoms with E-state index in [9.17, 15) is 17.6 Å². The van der Waals surface area contributed by atoms with Crippen molar-refractivity contribution >= 4 is 0 Å². The lowest BCUT2D eigenvalue weighted by molar-refractivity contribution is 0.163. The zero-order valence-corrected chi connectivity index (χ0v) is 25.6. The Bertz CT molecular complexity index is 1840. The van der Waals surface area contributed by atoms with E-state index in [1.165, 1.54) is 48.5 Å². The van der Waals surface area contributed by atoms with E-state index in [1.807, 2.05) is 12.1 Å². The van der Waals surface area contributed by atoms with Crippen LogP contribution in [0.3, 0.4) is 0 Å². The van der Waals surface area contributed by atoms with Gasteiger partial charge in [0, 0.05) is 26.2 Å². The summed E-state index contributed by atoms with van der Waals surface area (Å²) in [7, 11) is 0. The molecule has 6 aromatic rings. The highest BCUT2D eigenvalue weighted by Crippen LogP contribution is 2.33. The minimum atomic E-state index is -0.293. The third-order valence-corrected chi connectivity index (χ3v) is 8.46. The second-order valence-corrected chi connectivity index (χ2v) is 11.6. The second kappa shape index (κ2) is 13.8. The zero-order chi connectivity index (χ0) is 33.0. The molecule has 0 saturated carbocycles. The van der Waals surface area contributed by atoms with Gasteiger partial charge >= 0.3 is 0 Å². The standard InChI is InChI=1S/2C17H15F2N5/c2*18-14-6-4-12(5-7-14)11-23-8-9-24-17(20-21-22-24)16(23)13-2-1-3-15(19)10-13/h2*1-7,10,16H,8-9,11H2/t2*16-/m10/s1. The normalized spacial score (nSPS) is 17.7. The van der Waals surface area contributed by atoms with Gasteiger partial charge in [-0.2, -0.15) is 0 Å². The van der Waals surface area contributed by atoms with Gasteiger partial charge in [0.05, 0.1) is 25.2 Å². The molecule has 4 aromatic carbocycles. The van der Waals surface area contributed by atoms with E-state index in [4.69, 9.17) is 0 Å². The van der Waals surface area contributed by atoms with E-state index >= 15 is 0 Å². The molecule has 0 fully saturated rings. The largest absolute Gasteiger partial charge is 0.284 e. The van der Waals surface area contributed by atoms with Gasteiger partial charge in [-0.15, -0.1) is 10.2 Å². The number of halogens is 4. The average molecular weight is 655 g/mol. The van der Waals surface area contributed by atoms with Crippen molar-refractivity contribution in [3.05, 3.63) is 154 Å². The van der Waals surface area contributed by atoms with E-state index in [0.29, 0.717) is 37.8 Å². The molecule has 0 spiro atoms. The van der Waals surface area contributed by atoms with E-state index in [-0.39, 0.29) is 35.4 Å². The Labute approximate surface area is 273 Å². The smallest absolute Gasteiger partial charge is 0.173 e. The summed E-state index contributed by atoms with van der Waals surface area (Å²) < 4.78 is 57.1. The van der Waals surface area contributed by atoms with Crippen LogP contribution in [0.1, 0.15) is 46.0 Å². The van der Waals surface area contributed by atoms with Crippen molar-refractivity contribution in [2.24, 2.45) is 0 Å². The first kappa shape index (κ1) is 31.3. The van der Waals surface area contributed by atoms with Crippen LogP contribution in [-0.4, -0.2) is 63.3 Å². The fourth-order valence-electron chi connectivity index (χ4n) is 6.23. The predicted molar refractivity (Wildman–Crippen MR) is 166 cm³/mol. The fourth-order valence-corrected chi connectivity index (χ4v) is 6.23. The molecule has 0 amide bonds. The van der Waals surface area contributed by atoms with Gasteiger partial charge in [-0.25, -0.2) is 26.9 Å². The van der Waals surface area contributed by atoms with Crippen molar-refractivity contribution in [2.75, 3.05) is 13.1 Å². The van der Waals surface area contributed by atoms with Crippen LogP contribution in [0.5, 0.6) is 0 Å². The Kier molecular flexibility index (Phi) is 8.99. The van der Waals surface area contributed by atoms with Crippen LogP contribution in [0, 0.1) is 23.3 Å². The fraction of sp³-hybridized carbons (Fsp3) is 0.235. The molecular formula is C34H30F4N10. The molecule has 2 aliphatic rings. The van der Waals surface area contributed by atoms with Gasteiger partial charge in [-0.05, 0) is 91.6 Å². The summed E-state index contributed by atoms with van der Waals surface area (Å²) in [6.07, 6.45) is 0. The minimum absolute atomic E-state index is 0.241. The van der Waals surface area contributed by atoms with Gasteiger partial charge in [0.15, 0.2) is 11.6 Å². The number of nitrogens with zero attached hydrogens (tertiary/aromatic N) is 10. The van der Waals surface area contributed by atoms with Crippen LogP contribution in [0.2, 0.25) is 0 Å². The molecule has 0 bridgehead atoms. The molecule has 10 nitrogen and oxygen atoms in total. The highest BCUT2D eigenvalue weighted by molar-refractivity contribution is 5.29. The number of tetrazole rings is 2. The molecule has 0 radical (unpaired) electrons. The highest BCUT2D eigenvalue weighted by atomic mass is 19.1. The van der Waals surface area contributed by atoms with Crippen molar-refractivity contribution in [3.8, 4) is 0 Å². The predicted octanol–water partition coefficient (Wildman–Crippen LogP) is 5.11. The first-order valence-corrected chi connectivity index (χ1v) is 15.4. The lowest BCUT2D eigenvalue weighted by Gasteiger charge is -2.34. The average Bonchev–Trinajstić information content (AvgIpc) is 3.77. The van der Waals surface area contributed by atoms with Crippen LogP contribution in [-0.2, 0) is 26.2 Å². The Morgan fingerprint density at radius 2 is 0.917 bits per heavy atom. The molecule has 48 heavy (non-hydrogen) atoms. The maximum Gasteiger partial charge on any atom is 0.173 e. The zero-order valence-electron chi connectivity index (χ0n) is 25.6. The summed E-state index contributed by atoms with van der Waals surface area (Å²) in [6.45, 7) is 3.97. The van der Waals surface area contributed by atoms with Crippen molar-refractivity contribution in [1.29, 1.82) is 0 Å². The van der Waals surface area contributed by atoms with Crippen LogP contribution in [0.25, 0.3) is 0 Å². The van der Waals surface area contributed by atoms with Gasteiger partial charge in [-0.3, -0.25) is 9.80 Å². The first-order chi connectivity index (χ1) is 23.4. The lowest BCUT2D eigenvalue weighted by atomic mass is 10.0. The van der Waals surface area contributed by atoms with Crippen LogP contribution >= 0.6 is 0 Å². The topological polar surface area (TPSA) is 93.7 Å². The summed E-state index contributed by atoms with van der Waals surface area (Å²) in [5.41, 5.74) is 3.57. The number of benzene rings is 4. The van der Waals surface area contributed by atoms with Gasteiger partial charge < -0.3 is 0 Å². The van der Waals surface area contributed by atoms with Crippen LogP contribution in [0.4, 0.5) is 17.6 Å². The third kappa shape index (κ3) is 6.85. The van der Waals surface area contributed by atoms with Crippen molar-refractivity contribution < 1.29 is 17.6 Å². The number of aromatic nitrogens is 8. The SMILES string of the molecule is Fc1ccc(CN2CCn3nnnc3[C@@H]2c2cccc(F)c2)cc1.Fc1ccc(CN2CCn3nnnc3[C@H]2c2cccc(F)c2)cc1. The number of fused-ring (bicyclic) bond motifs is 2. The van der Waals surface area contributed by atoms with Gasteiger partial charge in [0.2, 0.25) is 0 Å². The maximum absolute atomic E-state index is 13.7. The summed E-state index contributed by atoms with van der Waals surface area (Å²) in [5, 5.41) is 23.7. The molecule has 2 atom stereocenters. The quantitative estimate of drug-likeness (QED) is 0.229. The summed E-state index contributed by atoms with van der Waals surface area (Å²) >= 11 is 0. The Hall–Kier alpha value is -5.34. The van der Waals surface area contributed by atoms with Crippen LogP contribution in [0.15, 0.2) is 97.1 Å². The second-order valence-electron chi connectivity index (χ2n) is 11.6. The van der Waals surface area contributed by atoms with Crippen LogP contribution < -0.4 is 0 Å². The summed E-state index contributed by atoms with van der Waals surface area (Å²) in [4.78, 5) is 4.35. The van der Waals surface area contributed by atoms with Gasteiger partial charge in [0.25, 0.3) is 0 Å². The Balaban J connectivity index is 0.000000152. The van der Waals surface area contributed by atoms with E-state index in [2.05, 4.69) is 40.9 Å². The molecule has 14 heteroatoms. The van der Waals surface area contributed by atoms with Crippen molar-refractivity contribution in [1.82, 2.24) is 50.2 Å². The molecule has 0 saturated heterocycles. The molecule has 4 heterocycles. The molecule has 2 aromatic heterocycles. The summed E-state index contributed by atoms with van der Waals surface area (Å²) in [6, 6.07) is 25.3. The Morgan fingerprint density at radius 3 is 1.31 bits per heavy atom. The molecule has 0 unspecified atom stereocenters. The first-order valence-electron chi connectivity index (χ1n) is 15.4. The Morgan fingerprint density at radius 1 is 0.500 bits per heavy atom. The van der Waals surface area contributed by atoms with E-state index in [1.54, 1.807) is 45.8 Å². The van der Waals surface area contributed by atoms with Crippen molar-refractivity contribution in [3.63, 3.8) is 0 Å². The van der Waals surface area contributed by atoms with Gasteiger partial charge in [0.1, 0.15) is 23.3 Å². The molecule has 244 valence electrons. The molecule has 0 N–H and O–H groups in total. The molecule has 8 rings (SSSR count). The maximum atomic E-state index is 13.7. The molecular weight excluding hydrogens is 624 g/mol. The van der Waals surface area contributed by atoms with E-state index in [0.717, 1.165) is 35.3 Å². The number of rotatable bonds is 6. The summed E-state index contributed by atoms with van der Waals surface area (Å²) in [5.74, 6) is 0.270. The number of hydrogen-bond acceptors (Lipinski definition) is 8. The monoisotopic (exact) mass is 654 g/mol. The molecule has 0 aliphatic carbocycles. The van der Waals surface area contributed by atoms with Crippen molar-refractivity contribution in [2.45, 2.75) is 38.3 Å². The minimum Gasteiger partial charge on any atom is -0.284 e.